The largest absolute Gasteiger partial charge is 2.00 e. The van der Waals surface area contributed by atoms with Crippen LogP contribution in [0.2, 0.25) is 0 Å². The predicted octanol–water partition coefficient (Wildman–Crippen LogP) is 1.12. The zero-order valence-corrected chi connectivity index (χ0v) is 14.2. The fourth-order valence-electron chi connectivity index (χ4n) is 2.45. The number of benzene rings is 1. The van der Waals surface area contributed by atoms with Gasteiger partial charge in [-0.2, -0.15) is 0 Å². The van der Waals surface area contributed by atoms with E-state index in [-0.39, 0.29) is 34.8 Å². The number of Topliss-reactive ketones (excluding diaryl/α,β-unsaturated/α-hetero) is 3. The minimum Gasteiger partial charge on any atom is -0.298 e. The van der Waals surface area contributed by atoms with Gasteiger partial charge in [0.1, 0.15) is 5.92 Å². The molecule has 0 N–H and O–H groups in total. The summed E-state index contributed by atoms with van der Waals surface area (Å²) in [4.78, 5) is 46.0. The van der Waals surface area contributed by atoms with E-state index >= 15 is 0 Å². The molecule has 1 saturated carbocycles. The molecule has 0 amide bonds. The molecule has 1 radical (unpaired) electrons. The normalized spacial score (nSPS) is 15.7. The van der Waals surface area contributed by atoms with E-state index in [9.17, 15) is 32.9 Å². The average Bonchev–Trinajstić information content (AvgIpc) is 2.45. The molecule has 0 bridgehead atoms. The number of rotatable bonds is 4. The fourth-order valence-corrected chi connectivity index (χ4v) is 3.10. The van der Waals surface area contributed by atoms with Crippen molar-refractivity contribution < 1.29 is 44.8 Å². The van der Waals surface area contributed by atoms with Crippen LogP contribution in [-0.2, 0) is 36.5 Å². The first-order chi connectivity index (χ1) is 10.6. The summed E-state index contributed by atoms with van der Waals surface area (Å²) in [7, 11) is -3.70. The fraction of sp³-hybridized carbons (Fsp3) is 0.357. The van der Waals surface area contributed by atoms with Gasteiger partial charge >= 0.3 is 17.1 Å². The van der Waals surface area contributed by atoms with E-state index in [1.165, 1.54) is 0 Å². The van der Waals surface area contributed by atoms with Crippen LogP contribution in [0.25, 0.3) is 0 Å². The van der Waals surface area contributed by atoms with Crippen molar-refractivity contribution in [3.63, 3.8) is 0 Å². The van der Waals surface area contributed by atoms with Gasteiger partial charge in [-0.1, -0.05) is 0 Å². The van der Waals surface area contributed by atoms with Gasteiger partial charge in [-0.25, -0.2) is 8.42 Å². The van der Waals surface area contributed by atoms with E-state index in [2.05, 4.69) is 0 Å². The summed E-state index contributed by atoms with van der Waals surface area (Å²) in [6.07, 6.45) is 1.37. The van der Waals surface area contributed by atoms with Crippen LogP contribution < -0.4 is 0 Å². The van der Waals surface area contributed by atoms with Crippen molar-refractivity contribution in [1.29, 1.82) is 0 Å². The van der Waals surface area contributed by atoms with Crippen molar-refractivity contribution in [3.8, 4) is 0 Å². The second kappa shape index (κ2) is 7.33. The summed E-state index contributed by atoms with van der Waals surface area (Å²) >= 11 is 0. The number of sulfone groups is 1. The molecule has 0 atom stereocenters. The van der Waals surface area contributed by atoms with Crippen molar-refractivity contribution >= 4 is 32.9 Å². The van der Waals surface area contributed by atoms with Crippen molar-refractivity contribution in [3.05, 3.63) is 33.9 Å². The number of nitro benzene ring substituents is 1. The van der Waals surface area contributed by atoms with Crippen LogP contribution in [0.3, 0.4) is 0 Å². The molecule has 1 aromatic carbocycles. The van der Waals surface area contributed by atoms with E-state index in [0.29, 0.717) is 6.42 Å². The number of nitro groups is 1. The molecule has 1 fully saturated rings. The Hall–Kier alpha value is -1.90. The summed E-state index contributed by atoms with van der Waals surface area (Å²) < 4.78 is 23.0. The Bertz CT molecular complexity index is 816. The van der Waals surface area contributed by atoms with Gasteiger partial charge in [0, 0.05) is 25.2 Å². The van der Waals surface area contributed by atoms with E-state index in [4.69, 9.17) is 0 Å². The first-order valence-electron chi connectivity index (χ1n) is 6.71. The van der Waals surface area contributed by atoms with Crippen molar-refractivity contribution in [2.24, 2.45) is 5.92 Å². The van der Waals surface area contributed by atoms with E-state index in [1.807, 2.05) is 0 Å². The quantitative estimate of drug-likeness (QED) is 0.242. The smallest absolute Gasteiger partial charge is 0.298 e. The maximum Gasteiger partial charge on any atom is 2.00 e. The van der Waals surface area contributed by atoms with Crippen LogP contribution in [0.5, 0.6) is 0 Å². The molecule has 0 unspecified atom stereocenters. The third kappa shape index (κ3) is 3.95. The van der Waals surface area contributed by atoms with Crippen LogP contribution in [0.1, 0.15) is 29.6 Å². The molecule has 10 heteroatoms. The minimum absolute atomic E-state index is 0. The van der Waals surface area contributed by atoms with Gasteiger partial charge in [-0.3, -0.25) is 24.5 Å². The number of nitrogens with zero attached hydrogens (tertiary/aromatic N) is 1. The van der Waals surface area contributed by atoms with Crippen LogP contribution in [0, 0.1) is 16.0 Å². The summed E-state index contributed by atoms with van der Waals surface area (Å²) in [6.45, 7) is 0. The zero-order valence-electron chi connectivity index (χ0n) is 12.4. The molecule has 1 aromatic rings. The van der Waals surface area contributed by atoms with Crippen LogP contribution in [0.4, 0.5) is 5.69 Å². The molecule has 0 saturated heterocycles. The van der Waals surface area contributed by atoms with E-state index in [1.54, 1.807) is 0 Å². The van der Waals surface area contributed by atoms with Gasteiger partial charge in [0.05, 0.1) is 15.4 Å². The molecular formula is C14H13CuNO7S+2. The van der Waals surface area contributed by atoms with Gasteiger partial charge in [0.2, 0.25) is 0 Å². The summed E-state index contributed by atoms with van der Waals surface area (Å²) in [6, 6.07) is 2.79. The molecule has 24 heavy (non-hydrogen) atoms. The molecule has 0 heterocycles. The van der Waals surface area contributed by atoms with Gasteiger partial charge in [-0.05, 0) is 18.6 Å². The van der Waals surface area contributed by atoms with Crippen LogP contribution >= 0.6 is 0 Å². The van der Waals surface area contributed by atoms with Gasteiger partial charge < -0.3 is 0 Å². The number of hydrogen-bond acceptors (Lipinski definition) is 7. The van der Waals surface area contributed by atoms with Crippen molar-refractivity contribution in [2.75, 3.05) is 6.26 Å². The molecule has 0 spiro atoms. The van der Waals surface area contributed by atoms with Crippen LogP contribution in [0.15, 0.2) is 23.1 Å². The topological polar surface area (TPSA) is 128 Å². The summed E-state index contributed by atoms with van der Waals surface area (Å²) in [5, 5.41) is 11.1. The summed E-state index contributed by atoms with van der Waals surface area (Å²) in [5.41, 5.74) is -1.17. The van der Waals surface area contributed by atoms with Crippen molar-refractivity contribution in [2.45, 2.75) is 24.2 Å². The number of carbonyl (C=O) groups is 3. The molecule has 1 aliphatic rings. The van der Waals surface area contributed by atoms with Gasteiger partial charge in [0.15, 0.2) is 27.2 Å². The monoisotopic (exact) mass is 402 g/mol. The van der Waals surface area contributed by atoms with E-state index in [0.717, 1.165) is 24.5 Å². The van der Waals surface area contributed by atoms with E-state index < -0.39 is 49.3 Å². The Kier molecular flexibility index (Phi) is 6.15. The second-order valence-corrected chi connectivity index (χ2v) is 7.31. The standard InChI is InChI=1S/C14H13NO7S.Cu/c1-23(21,22)8-5-6-9(10(7-8)15(19)20)14(18)13-11(16)3-2-4-12(13)17;/h5-7,13H,2-4H2,1H3;/q;+2. The molecule has 0 aromatic heterocycles. The number of carbonyl (C=O) groups excluding carboxylic acids is 3. The zero-order chi connectivity index (χ0) is 17.4. The minimum atomic E-state index is -3.70. The number of ketones is 3. The Balaban J connectivity index is 0.00000288. The molecule has 1 aliphatic carbocycles. The predicted molar refractivity (Wildman–Crippen MR) is 77.9 cm³/mol. The Morgan fingerprint density at radius 1 is 1.21 bits per heavy atom. The van der Waals surface area contributed by atoms with Crippen LogP contribution in [-0.4, -0.2) is 36.9 Å². The molecule has 131 valence electrons. The third-order valence-electron chi connectivity index (χ3n) is 3.61. The summed E-state index contributed by atoms with van der Waals surface area (Å²) in [5.74, 6) is -3.61. The Labute approximate surface area is 148 Å². The SMILES string of the molecule is CS(=O)(=O)c1ccc(C(=O)C2C(=O)CCCC2=O)c([N+](=O)[O-])c1.[Cu+2]. The molecule has 2 rings (SSSR count). The average molecular weight is 403 g/mol. The Morgan fingerprint density at radius 2 is 1.75 bits per heavy atom. The van der Waals surface area contributed by atoms with Crippen molar-refractivity contribution in [1.82, 2.24) is 0 Å². The molecule has 8 nitrogen and oxygen atoms in total. The Morgan fingerprint density at radius 3 is 2.21 bits per heavy atom. The first kappa shape index (κ1) is 20.1. The maximum atomic E-state index is 12.4. The third-order valence-corrected chi connectivity index (χ3v) is 4.72. The second-order valence-electron chi connectivity index (χ2n) is 5.29. The number of hydrogen-bond donors (Lipinski definition) is 0. The molecule has 0 aliphatic heterocycles. The van der Waals surface area contributed by atoms with Gasteiger partial charge in [0.25, 0.3) is 5.69 Å². The first-order valence-corrected chi connectivity index (χ1v) is 8.60. The molecular weight excluding hydrogens is 390 g/mol. The van der Waals surface area contributed by atoms with Gasteiger partial charge in [-0.15, -0.1) is 0 Å². The maximum absolute atomic E-state index is 12.4.